The summed E-state index contributed by atoms with van der Waals surface area (Å²) >= 11 is 6.18. The normalized spacial score (nSPS) is 11.6. The van der Waals surface area contributed by atoms with Crippen LogP contribution in [0.25, 0.3) is 0 Å². The van der Waals surface area contributed by atoms with Crippen LogP contribution in [0.5, 0.6) is 5.75 Å². The van der Waals surface area contributed by atoms with Gasteiger partial charge < -0.3 is 25.4 Å². The summed E-state index contributed by atoms with van der Waals surface area (Å²) in [6.07, 6.45) is 1.51. The molecule has 172 valence electrons. The van der Waals surface area contributed by atoms with E-state index in [0.29, 0.717) is 16.1 Å². The highest BCUT2D eigenvalue weighted by molar-refractivity contribution is 6.31. The average Bonchev–Trinajstić information content (AvgIpc) is 2.77. The van der Waals surface area contributed by atoms with Gasteiger partial charge in [0.15, 0.2) is 5.69 Å². The van der Waals surface area contributed by atoms with Crippen LogP contribution in [0.15, 0.2) is 59.5 Å². The summed E-state index contributed by atoms with van der Waals surface area (Å²) in [6.45, 7) is 3.62. The van der Waals surface area contributed by atoms with Gasteiger partial charge in [0.05, 0.1) is 6.54 Å². The van der Waals surface area contributed by atoms with Gasteiger partial charge in [-0.05, 0) is 31.0 Å². The number of hydrogen-bond acceptors (Lipinski definition) is 4. The number of aromatic hydroxyl groups is 1. The van der Waals surface area contributed by atoms with Crippen molar-refractivity contribution in [2.75, 3.05) is 5.32 Å². The molecule has 0 radical (unpaired) electrons. The predicted octanol–water partition coefficient (Wildman–Crippen LogP) is 3.69. The molecule has 3 rings (SSSR count). The molecule has 9 heteroatoms. The number of nitrogens with one attached hydrogen (secondary N) is 2. The molecule has 1 atom stereocenters. The molecule has 0 spiro atoms. The molecule has 0 aliphatic rings. The number of carbonyl (C=O) groups excluding carboxylic acids is 1. The zero-order valence-electron chi connectivity index (χ0n) is 18.1. The fourth-order valence-electron chi connectivity index (χ4n) is 3.30. The third-order valence-corrected chi connectivity index (χ3v) is 5.50. The van der Waals surface area contributed by atoms with Gasteiger partial charge in [0, 0.05) is 23.2 Å². The van der Waals surface area contributed by atoms with Gasteiger partial charge in [-0.15, -0.1) is 0 Å². The molecular weight excluding hydrogens is 446 g/mol. The molecule has 0 saturated carbocycles. The second-order valence-electron chi connectivity index (χ2n) is 7.74. The first-order valence-electron chi connectivity index (χ1n) is 10.2. The van der Waals surface area contributed by atoms with E-state index in [2.05, 4.69) is 10.6 Å². The Balaban J connectivity index is 1.81. The number of carboxylic acid groups (broad SMARTS) is 1. The smallest absolute Gasteiger partial charge is 0.326 e. The van der Waals surface area contributed by atoms with Crippen molar-refractivity contribution in [3.05, 3.63) is 92.4 Å². The number of aromatic nitrogens is 1. The Hall–Kier alpha value is -3.78. The number of amides is 2. The molecule has 0 aliphatic carbocycles. The maximum absolute atomic E-state index is 12.9. The van der Waals surface area contributed by atoms with Crippen molar-refractivity contribution in [1.29, 1.82) is 0 Å². The van der Waals surface area contributed by atoms with Crippen LogP contribution >= 0.6 is 11.6 Å². The number of aliphatic carboxylic acids is 1. The molecule has 0 saturated heterocycles. The number of hydrogen-bond donors (Lipinski definition) is 4. The summed E-state index contributed by atoms with van der Waals surface area (Å²) in [7, 11) is 0. The van der Waals surface area contributed by atoms with E-state index in [1.54, 1.807) is 43.3 Å². The second-order valence-corrected chi connectivity index (χ2v) is 8.15. The third kappa shape index (κ3) is 5.93. The molecule has 4 N–H and O–H groups in total. The summed E-state index contributed by atoms with van der Waals surface area (Å²) in [6, 6.07) is 12.1. The standard InChI is InChI=1S/C24H24ClN3O5/c1-14-7-9-16(10-8-14)11-19(23(31)32)26-24(33)27-20-21(29)15(2)12-28(22(20)30)13-17-5-3-4-6-18(17)25/h3-10,12,19,29H,11,13H2,1-2H3,(H,31,32)(H2,26,27,33). The van der Waals surface area contributed by atoms with Gasteiger partial charge >= 0.3 is 12.0 Å². The largest absolute Gasteiger partial charge is 0.505 e. The molecule has 1 aromatic heterocycles. The topological polar surface area (TPSA) is 121 Å². The summed E-state index contributed by atoms with van der Waals surface area (Å²) in [5, 5.41) is 25.0. The van der Waals surface area contributed by atoms with Gasteiger partial charge in [-0.3, -0.25) is 4.79 Å². The van der Waals surface area contributed by atoms with Crippen LogP contribution in [-0.4, -0.2) is 32.8 Å². The quantitative estimate of drug-likeness (QED) is 0.420. The fourth-order valence-corrected chi connectivity index (χ4v) is 3.50. The van der Waals surface area contributed by atoms with E-state index in [1.165, 1.54) is 10.8 Å². The van der Waals surface area contributed by atoms with Crippen LogP contribution in [0.3, 0.4) is 0 Å². The number of nitrogens with zero attached hydrogens (tertiary/aromatic N) is 1. The lowest BCUT2D eigenvalue weighted by atomic mass is 10.0. The zero-order valence-corrected chi connectivity index (χ0v) is 18.9. The van der Waals surface area contributed by atoms with Crippen LogP contribution < -0.4 is 16.2 Å². The molecular formula is C24H24ClN3O5. The van der Waals surface area contributed by atoms with Crippen molar-refractivity contribution in [2.24, 2.45) is 0 Å². The molecule has 1 unspecified atom stereocenters. The number of carboxylic acids is 1. The average molecular weight is 470 g/mol. The Bertz CT molecular complexity index is 1240. The summed E-state index contributed by atoms with van der Waals surface area (Å²) < 4.78 is 1.31. The van der Waals surface area contributed by atoms with Gasteiger partial charge in [0.1, 0.15) is 11.8 Å². The highest BCUT2D eigenvalue weighted by atomic mass is 35.5. The highest BCUT2D eigenvalue weighted by Gasteiger charge is 2.23. The minimum atomic E-state index is -1.23. The number of aryl methyl sites for hydroxylation is 2. The molecule has 2 amide bonds. The van der Waals surface area contributed by atoms with E-state index in [4.69, 9.17) is 11.6 Å². The minimum absolute atomic E-state index is 0.0551. The zero-order chi connectivity index (χ0) is 24.1. The van der Waals surface area contributed by atoms with Crippen molar-refractivity contribution in [3.63, 3.8) is 0 Å². The van der Waals surface area contributed by atoms with Gasteiger partial charge in [-0.2, -0.15) is 0 Å². The Morgan fingerprint density at radius 1 is 1.09 bits per heavy atom. The number of urea groups is 1. The molecule has 0 bridgehead atoms. The van der Waals surface area contributed by atoms with E-state index < -0.39 is 29.4 Å². The van der Waals surface area contributed by atoms with Crippen molar-refractivity contribution in [1.82, 2.24) is 9.88 Å². The highest BCUT2D eigenvalue weighted by Crippen LogP contribution is 2.24. The minimum Gasteiger partial charge on any atom is -0.505 e. The van der Waals surface area contributed by atoms with Gasteiger partial charge in [-0.25, -0.2) is 9.59 Å². The Labute approximate surface area is 195 Å². The van der Waals surface area contributed by atoms with E-state index in [1.807, 2.05) is 19.1 Å². The number of halogens is 1. The van der Waals surface area contributed by atoms with E-state index in [9.17, 15) is 24.6 Å². The Morgan fingerprint density at radius 3 is 2.39 bits per heavy atom. The number of pyridine rings is 1. The van der Waals surface area contributed by atoms with E-state index in [0.717, 1.165) is 11.1 Å². The Kier molecular flexibility index (Phi) is 7.40. The van der Waals surface area contributed by atoms with Crippen LogP contribution in [0.4, 0.5) is 10.5 Å². The Morgan fingerprint density at radius 2 is 1.76 bits per heavy atom. The fraction of sp³-hybridized carbons (Fsp3) is 0.208. The number of carbonyl (C=O) groups is 2. The van der Waals surface area contributed by atoms with Crippen LogP contribution in [0, 0.1) is 13.8 Å². The summed E-state index contributed by atoms with van der Waals surface area (Å²) in [4.78, 5) is 37.1. The molecule has 0 fully saturated rings. The maximum atomic E-state index is 12.9. The van der Waals surface area contributed by atoms with Crippen molar-refractivity contribution in [3.8, 4) is 5.75 Å². The van der Waals surface area contributed by atoms with Gasteiger partial charge in [-0.1, -0.05) is 59.6 Å². The summed E-state index contributed by atoms with van der Waals surface area (Å²) in [5.41, 5.74) is 1.79. The maximum Gasteiger partial charge on any atom is 0.326 e. The van der Waals surface area contributed by atoms with E-state index in [-0.39, 0.29) is 18.7 Å². The number of rotatable bonds is 7. The van der Waals surface area contributed by atoms with Crippen LogP contribution in [0.1, 0.15) is 22.3 Å². The number of benzene rings is 2. The molecule has 8 nitrogen and oxygen atoms in total. The predicted molar refractivity (Wildman–Crippen MR) is 126 cm³/mol. The lowest BCUT2D eigenvalue weighted by molar-refractivity contribution is -0.139. The lowest BCUT2D eigenvalue weighted by Gasteiger charge is -2.17. The molecule has 0 aliphatic heterocycles. The van der Waals surface area contributed by atoms with Crippen molar-refractivity contribution >= 4 is 29.3 Å². The first-order valence-corrected chi connectivity index (χ1v) is 10.6. The summed E-state index contributed by atoms with van der Waals surface area (Å²) in [5.74, 6) is -1.62. The molecule has 3 aromatic rings. The van der Waals surface area contributed by atoms with Crippen LogP contribution in [0.2, 0.25) is 5.02 Å². The van der Waals surface area contributed by atoms with Gasteiger partial charge in [0.25, 0.3) is 5.56 Å². The third-order valence-electron chi connectivity index (χ3n) is 5.14. The first-order chi connectivity index (χ1) is 15.7. The second kappa shape index (κ2) is 10.2. The molecule has 33 heavy (non-hydrogen) atoms. The van der Waals surface area contributed by atoms with Crippen LogP contribution in [-0.2, 0) is 17.8 Å². The SMILES string of the molecule is Cc1ccc(CC(NC(=O)Nc2c(O)c(C)cn(Cc3ccccc3Cl)c2=O)C(=O)O)cc1. The lowest BCUT2D eigenvalue weighted by Crippen LogP contribution is -2.45. The monoisotopic (exact) mass is 469 g/mol. The van der Waals surface area contributed by atoms with E-state index >= 15 is 0 Å². The van der Waals surface area contributed by atoms with Gasteiger partial charge in [0.2, 0.25) is 0 Å². The molecule has 1 heterocycles. The van der Waals surface area contributed by atoms with Crippen molar-refractivity contribution < 1.29 is 19.8 Å². The van der Waals surface area contributed by atoms with Crippen molar-refractivity contribution in [2.45, 2.75) is 32.9 Å². The first kappa shape index (κ1) is 23.9. The number of anilines is 1. The molecule has 2 aromatic carbocycles.